The maximum absolute atomic E-state index is 10.8. The molecule has 5 nitrogen and oxygen atoms in total. The Morgan fingerprint density at radius 1 is 1.44 bits per heavy atom. The Bertz CT molecular complexity index is 449. The molecule has 7 heteroatoms. The second-order valence-electron chi connectivity index (χ2n) is 3.19. The van der Waals surface area contributed by atoms with Gasteiger partial charge in [-0.15, -0.1) is 11.6 Å². The molecule has 0 aliphatic heterocycles. The van der Waals surface area contributed by atoms with Crippen LogP contribution in [-0.4, -0.2) is 36.6 Å². The SMILES string of the molecule is O=S(=O)(O)c1cccc(NCC(O)CCl)c1. The predicted octanol–water partition coefficient (Wildman–Crippen LogP) is 0.945. The van der Waals surface area contributed by atoms with Crippen molar-refractivity contribution in [3.63, 3.8) is 0 Å². The van der Waals surface area contributed by atoms with Gasteiger partial charge in [0.15, 0.2) is 0 Å². The van der Waals surface area contributed by atoms with Gasteiger partial charge in [0.05, 0.1) is 16.9 Å². The van der Waals surface area contributed by atoms with Crippen molar-refractivity contribution < 1.29 is 18.1 Å². The summed E-state index contributed by atoms with van der Waals surface area (Å²) < 4.78 is 30.5. The fourth-order valence-corrected chi connectivity index (χ4v) is 1.69. The Hall–Kier alpha value is -0.820. The van der Waals surface area contributed by atoms with E-state index in [1.165, 1.54) is 18.2 Å². The van der Waals surface area contributed by atoms with E-state index in [-0.39, 0.29) is 17.3 Å². The molecule has 1 atom stereocenters. The highest BCUT2D eigenvalue weighted by atomic mass is 35.5. The summed E-state index contributed by atoms with van der Waals surface area (Å²) in [5, 5.41) is 12.0. The van der Waals surface area contributed by atoms with Gasteiger partial charge in [0.1, 0.15) is 0 Å². The molecule has 0 bridgehead atoms. The molecular formula is C9H12ClNO4S. The summed E-state index contributed by atoms with van der Waals surface area (Å²) in [7, 11) is -4.20. The lowest BCUT2D eigenvalue weighted by Crippen LogP contribution is -2.20. The molecule has 0 aliphatic carbocycles. The molecule has 1 unspecified atom stereocenters. The number of nitrogens with one attached hydrogen (secondary N) is 1. The summed E-state index contributed by atoms with van der Waals surface area (Å²) in [5.41, 5.74) is 0.485. The summed E-state index contributed by atoms with van der Waals surface area (Å²) in [6.07, 6.45) is -0.712. The standard InChI is InChI=1S/C9H12ClNO4S/c10-5-8(12)6-11-7-2-1-3-9(4-7)16(13,14)15/h1-4,8,11-12H,5-6H2,(H,13,14,15). The van der Waals surface area contributed by atoms with Crippen LogP contribution in [0.3, 0.4) is 0 Å². The van der Waals surface area contributed by atoms with Crippen molar-refractivity contribution in [3.05, 3.63) is 24.3 Å². The van der Waals surface area contributed by atoms with Crippen LogP contribution in [0.1, 0.15) is 0 Å². The second-order valence-corrected chi connectivity index (χ2v) is 4.92. The number of benzene rings is 1. The third-order valence-electron chi connectivity index (χ3n) is 1.85. The third kappa shape index (κ3) is 3.97. The van der Waals surface area contributed by atoms with E-state index in [9.17, 15) is 13.5 Å². The normalized spacial score (nSPS) is 13.4. The number of aliphatic hydroxyl groups is 1. The maximum atomic E-state index is 10.8. The van der Waals surface area contributed by atoms with Crippen LogP contribution in [0, 0.1) is 0 Å². The zero-order valence-electron chi connectivity index (χ0n) is 8.30. The first-order valence-electron chi connectivity index (χ1n) is 4.49. The summed E-state index contributed by atoms with van der Waals surface area (Å²) in [5.74, 6) is 0.0883. The minimum absolute atomic E-state index is 0.0883. The molecule has 0 saturated heterocycles. The van der Waals surface area contributed by atoms with Crippen LogP contribution in [0.5, 0.6) is 0 Å². The monoisotopic (exact) mass is 265 g/mol. The summed E-state index contributed by atoms with van der Waals surface area (Å²) >= 11 is 5.40. The van der Waals surface area contributed by atoms with Gasteiger partial charge in [-0.2, -0.15) is 8.42 Å². The number of alkyl halides is 1. The molecule has 0 spiro atoms. The molecule has 0 aromatic heterocycles. The topological polar surface area (TPSA) is 86.6 Å². The van der Waals surface area contributed by atoms with Crippen LogP contribution >= 0.6 is 11.6 Å². The highest BCUT2D eigenvalue weighted by molar-refractivity contribution is 7.85. The van der Waals surface area contributed by atoms with Crippen LogP contribution in [0.25, 0.3) is 0 Å². The van der Waals surface area contributed by atoms with Crippen molar-refractivity contribution in [1.29, 1.82) is 0 Å². The molecule has 1 rings (SSSR count). The molecule has 0 amide bonds. The number of halogens is 1. The van der Waals surface area contributed by atoms with Crippen LogP contribution in [0.4, 0.5) is 5.69 Å². The van der Waals surface area contributed by atoms with Gasteiger partial charge in [0.25, 0.3) is 10.1 Å². The number of anilines is 1. The lowest BCUT2D eigenvalue weighted by molar-refractivity contribution is 0.211. The quantitative estimate of drug-likeness (QED) is 0.545. The molecule has 1 aromatic rings. The molecule has 0 heterocycles. The van der Waals surface area contributed by atoms with Gasteiger partial charge in [-0.3, -0.25) is 4.55 Å². The zero-order valence-corrected chi connectivity index (χ0v) is 9.87. The van der Waals surface area contributed by atoms with Gasteiger partial charge < -0.3 is 10.4 Å². The highest BCUT2D eigenvalue weighted by Crippen LogP contribution is 2.14. The van der Waals surface area contributed by atoms with E-state index in [0.29, 0.717) is 5.69 Å². The lowest BCUT2D eigenvalue weighted by Gasteiger charge is -2.10. The van der Waals surface area contributed by atoms with E-state index < -0.39 is 16.2 Å². The van der Waals surface area contributed by atoms with Crippen LogP contribution in [0.2, 0.25) is 0 Å². The van der Waals surface area contributed by atoms with Crippen LogP contribution in [0.15, 0.2) is 29.2 Å². The largest absolute Gasteiger partial charge is 0.390 e. The fourth-order valence-electron chi connectivity index (χ4n) is 1.06. The molecule has 3 N–H and O–H groups in total. The van der Waals surface area contributed by atoms with E-state index >= 15 is 0 Å². The first kappa shape index (κ1) is 13.2. The molecule has 1 aromatic carbocycles. The molecule has 0 fully saturated rings. The van der Waals surface area contributed by atoms with Crippen molar-refractivity contribution in [3.8, 4) is 0 Å². The Morgan fingerprint density at radius 2 is 2.12 bits per heavy atom. The Kier molecular flexibility index (Phi) is 4.55. The van der Waals surface area contributed by atoms with Gasteiger partial charge >= 0.3 is 0 Å². The Labute approximate surface area is 98.8 Å². The van der Waals surface area contributed by atoms with E-state index in [4.69, 9.17) is 16.2 Å². The van der Waals surface area contributed by atoms with E-state index in [1.54, 1.807) is 6.07 Å². The fraction of sp³-hybridized carbons (Fsp3) is 0.333. The molecule has 16 heavy (non-hydrogen) atoms. The average molecular weight is 266 g/mol. The minimum atomic E-state index is -4.20. The Morgan fingerprint density at radius 3 is 2.69 bits per heavy atom. The predicted molar refractivity (Wildman–Crippen MR) is 61.5 cm³/mol. The van der Waals surface area contributed by atoms with E-state index in [0.717, 1.165) is 0 Å². The number of rotatable bonds is 5. The van der Waals surface area contributed by atoms with Gasteiger partial charge in [-0.1, -0.05) is 6.07 Å². The second kappa shape index (κ2) is 5.49. The van der Waals surface area contributed by atoms with Crippen molar-refractivity contribution in [1.82, 2.24) is 0 Å². The van der Waals surface area contributed by atoms with Gasteiger partial charge in [-0.25, -0.2) is 0 Å². The molecule has 0 aliphatic rings. The molecule has 90 valence electrons. The van der Waals surface area contributed by atoms with Gasteiger partial charge in [-0.05, 0) is 18.2 Å². The average Bonchev–Trinajstić information content (AvgIpc) is 2.25. The first-order chi connectivity index (χ1) is 7.43. The maximum Gasteiger partial charge on any atom is 0.294 e. The molecule has 0 saturated carbocycles. The Balaban J connectivity index is 2.76. The summed E-state index contributed by atoms with van der Waals surface area (Å²) in [6.45, 7) is 0.207. The minimum Gasteiger partial charge on any atom is -0.390 e. The number of hydrogen-bond acceptors (Lipinski definition) is 4. The first-order valence-corrected chi connectivity index (χ1v) is 6.46. The van der Waals surface area contributed by atoms with Crippen LogP contribution in [-0.2, 0) is 10.1 Å². The summed E-state index contributed by atoms with van der Waals surface area (Å²) in [4.78, 5) is -0.196. The van der Waals surface area contributed by atoms with Gasteiger partial charge in [0.2, 0.25) is 0 Å². The van der Waals surface area contributed by atoms with Crippen molar-refractivity contribution in [2.24, 2.45) is 0 Å². The van der Waals surface area contributed by atoms with Crippen molar-refractivity contribution in [2.45, 2.75) is 11.0 Å². The van der Waals surface area contributed by atoms with Crippen LogP contribution < -0.4 is 5.32 Å². The highest BCUT2D eigenvalue weighted by Gasteiger charge is 2.09. The zero-order chi connectivity index (χ0) is 12.2. The number of hydrogen-bond donors (Lipinski definition) is 3. The molecule has 0 radical (unpaired) electrons. The van der Waals surface area contributed by atoms with E-state index in [2.05, 4.69) is 5.32 Å². The van der Waals surface area contributed by atoms with Crippen molar-refractivity contribution >= 4 is 27.4 Å². The smallest absolute Gasteiger partial charge is 0.294 e. The summed E-state index contributed by atoms with van der Waals surface area (Å²) in [6, 6.07) is 5.66. The number of aliphatic hydroxyl groups excluding tert-OH is 1. The lowest BCUT2D eigenvalue weighted by atomic mass is 10.3. The molecular weight excluding hydrogens is 254 g/mol. The third-order valence-corrected chi connectivity index (χ3v) is 3.06. The van der Waals surface area contributed by atoms with E-state index in [1.807, 2.05) is 0 Å². The van der Waals surface area contributed by atoms with Gasteiger partial charge in [0, 0.05) is 12.2 Å². The van der Waals surface area contributed by atoms with Crippen molar-refractivity contribution in [2.75, 3.05) is 17.7 Å².